The van der Waals surface area contributed by atoms with Gasteiger partial charge in [0.1, 0.15) is 0 Å². The Morgan fingerprint density at radius 1 is 1.29 bits per heavy atom. The van der Waals surface area contributed by atoms with Crippen LogP contribution in [-0.4, -0.2) is 41.4 Å². The van der Waals surface area contributed by atoms with Crippen molar-refractivity contribution in [3.05, 3.63) is 35.9 Å². The van der Waals surface area contributed by atoms with Crippen LogP contribution in [0.4, 0.5) is 0 Å². The molecule has 0 unspecified atom stereocenters. The largest absolute Gasteiger partial charge is 0.396 e. The van der Waals surface area contributed by atoms with E-state index in [1.807, 2.05) is 30.3 Å². The van der Waals surface area contributed by atoms with E-state index in [1.165, 1.54) is 0 Å². The van der Waals surface area contributed by atoms with Gasteiger partial charge in [-0.05, 0) is 30.9 Å². The number of likely N-dealkylation sites (tertiary alicyclic amines) is 1. The van der Waals surface area contributed by atoms with Crippen LogP contribution in [0.5, 0.6) is 0 Å². The molecule has 94 valence electrons. The number of hydrogen-bond donors (Lipinski definition) is 2. The third-order valence-corrected chi connectivity index (χ3v) is 3.48. The van der Waals surface area contributed by atoms with E-state index in [9.17, 15) is 10.2 Å². The first-order chi connectivity index (χ1) is 8.29. The van der Waals surface area contributed by atoms with Gasteiger partial charge in [0.2, 0.25) is 0 Å². The van der Waals surface area contributed by atoms with Crippen molar-refractivity contribution < 1.29 is 10.2 Å². The Labute approximate surface area is 103 Å². The Morgan fingerprint density at radius 3 is 2.76 bits per heavy atom. The molecule has 1 aromatic carbocycles. The van der Waals surface area contributed by atoms with Gasteiger partial charge in [-0.15, -0.1) is 0 Å². The minimum atomic E-state index is -0.423. The third kappa shape index (κ3) is 3.53. The van der Waals surface area contributed by atoms with E-state index in [2.05, 4.69) is 4.90 Å². The molecular formula is C14H21NO2. The van der Waals surface area contributed by atoms with Crippen LogP contribution in [0.15, 0.2) is 30.3 Å². The Balaban J connectivity index is 1.88. The fourth-order valence-corrected chi connectivity index (χ4v) is 2.49. The molecule has 1 saturated heterocycles. The molecule has 0 aromatic heterocycles. The summed E-state index contributed by atoms with van der Waals surface area (Å²) in [6.45, 7) is 2.86. The Bertz CT molecular complexity index is 328. The van der Waals surface area contributed by atoms with Crippen LogP contribution >= 0.6 is 0 Å². The molecule has 1 aliphatic rings. The number of benzene rings is 1. The minimum Gasteiger partial charge on any atom is -0.396 e. The summed E-state index contributed by atoms with van der Waals surface area (Å²) in [7, 11) is 0. The van der Waals surface area contributed by atoms with Crippen LogP contribution in [0.3, 0.4) is 0 Å². The fraction of sp³-hybridized carbons (Fsp3) is 0.571. The molecule has 1 heterocycles. The maximum atomic E-state index is 10.1. The second kappa shape index (κ2) is 6.15. The highest BCUT2D eigenvalue weighted by molar-refractivity contribution is 5.17. The van der Waals surface area contributed by atoms with Crippen molar-refractivity contribution in [1.29, 1.82) is 0 Å². The summed E-state index contributed by atoms with van der Waals surface area (Å²) < 4.78 is 0. The first kappa shape index (κ1) is 12.6. The first-order valence-electron chi connectivity index (χ1n) is 6.36. The van der Waals surface area contributed by atoms with E-state index >= 15 is 0 Å². The van der Waals surface area contributed by atoms with Crippen molar-refractivity contribution in [3.63, 3.8) is 0 Å². The molecule has 0 amide bonds. The van der Waals surface area contributed by atoms with Gasteiger partial charge < -0.3 is 15.1 Å². The summed E-state index contributed by atoms with van der Waals surface area (Å²) in [5.74, 6) is 0.381. The van der Waals surface area contributed by atoms with E-state index in [-0.39, 0.29) is 6.61 Å². The molecule has 0 radical (unpaired) electrons. The highest BCUT2D eigenvalue weighted by Gasteiger charge is 2.21. The molecular weight excluding hydrogens is 214 g/mol. The zero-order valence-electron chi connectivity index (χ0n) is 10.1. The summed E-state index contributed by atoms with van der Waals surface area (Å²) in [5, 5.41) is 19.3. The van der Waals surface area contributed by atoms with E-state index in [4.69, 9.17) is 0 Å². The molecule has 3 heteroatoms. The van der Waals surface area contributed by atoms with Crippen LogP contribution in [0.25, 0.3) is 0 Å². The van der Waals surface area contributed by atoms with Crippen molar-refractivity contribution in [3.8, 4) is 0 Å². The second-order valence-corrected chi connectivity index (χ2v) is 4.88. The number of aliphatic hydroxyl groups is 2. The second-order valence-electron chi connectivity index (χ2n) is 4.88. The van der Waals surface area contributed by atoms with Gasteiger partial charge in [-0.1, -0.05) is 30.3 Å². The zero-order valence-corrected chi connectivity index (χ0v) is 10.1. The van der Waals surface area contributed by atoms with Gasteiger partial charge in [0.05, 0.1) is 6.10 Å². The zero-order chi connectivity index (χ0) is 12.1. The molecule has 2 atom stereocenters. The van der Waals surface area contributed by atoms with Gasteiger partial charge in [-0.2, -0.15) is 0 Å². The van der Waals surface area contributed by atoms with E-state index in [0.29, 0.717) is 12.5 Å². The summed E-state index contributed by atoms with van der Waals surface area (Å²) in [6, 6.07) is 9.77. The molecule has 1 aliphatic heterocycles. The molecule has 3 nitrogen and oxygen atoms in total. The molecule has 1 aromatic rings. The molecule has 0 spiro atoms. The predicted molar refractivity (Wildman–Crippen MR) is 67.7 cm³/mol. The van der Waals surface area contributed by atoms with Crippen LogP contribution in [0.1, 0.15) is 24.5 Å². The van der Waals surface area contributed by atoms with Crippen molar-refractivity contribution >= 4 is 0 Å². The molecule has 0 aliphatic carbocycles. The maximum absolute atomic E-state index is 10.1. The summed E-state index contributed by atoms with van der Waals surface area (Å²) >= 11 is 0. The molecule has 0 bridgehead atoms. The Kier molecular flexibility index (Phi) is 4.54. The lowest BCUT2D eigenvalue weighted by Crippen LogP contribution is -2.39. The van der Waals surface area contributed by atoms with E-state index in [0.717, 1.165) is 31.5 Å². The highest BCUT2D eigenvalue weighted by atomic mass is 16.3. The third-order valence-electron chi connectivity index (χ3n) is 3.48. The van der Waals surface area contributed by atoms with Gasteiger partial charge in [-0.3, -0.25) is 0 Å². The standard InChI is InChI=1S/C14H21NO2/c16-11-12-5-4-8-15(9-12)10-14(17)13-6-2-1-3-7-13/h1-3,6-7,12,14,16-17H,4-5,8-11H2/t12-,14-/m0/s1. The van der Waals surface area contributed by atoms with Crippen molar-refractivity contribution in [2.45, 2.75) is 18.9 Å². The fourth-order valence-electron chi connectivity index (χ4n) is 2.49. The topological polar surface area (TPSA) is 43.7 Å². The number of nitrogens with zero attached hydrogens (tertiary/aromatic N) is 1. The Hall–Kier alpha value is -0.900. The lowest BCUT2D eigenvalue weighted by molar-refractivity contribution is 0.0678. The lowest BCUT2D eigenvalue weighted by atomic mass is 9.98. The monoisotopic (exact) mass is 235 g/mol. The average molecular weight is 235 g/mol. The van der Waals surface area contributed by atoms with Crippen molar-refractivity contribution in [2.75, 3.05) is 26.2 Å². The summed E-state index contributed by atoms with van der Waals surface area (Å²) in [5.41, 5.74) is 0.971. The van der Waals surface area contributed by atoms with E-state index < -0.39 is 6.10 Å². The molecule has 2 N–H and O–H groups in total. The first-order valence-corrected chi connectivity index (χ1v) is 6.36. The quantitative estimate of drug-likeness (QED) is 0.829. The number of β-amino-alcohol motifs (C(OH)–C–C–N with tert-alkyl or cyclic N) is 1. The molecule has 1 fully saturated rings. The molecule has 2 rings (SSSR count). The minimum absolute atomic E-state index is 0.262. The lowest BCUT2D eigenvalue weighted by Gasteiger charge is -2.33. The van der Waals surface area contributed by atoms with Crippen LogP contribution < -0.4 is 0 Å². The smallest absolute Gasteiger partial charge is 0.0916 e. The normalized spacial score (nSPS) is 23.5. The Morgan fingerprint density at radius 2 is 2.06 bits per heavy atom. The van der Waals surface area contributed by atoms with Crippen molar-refractivity contribution in [1.82, 2.24) is 4.90 Å². The number of hydrogen-bond acceptors (Lipinski definition) is 3. The van der Waals surface area contributed by atoms with Crippen LogP contribution in [0.2, 0.25) is 0 Å². The van der Waals surface area contributed by atoms with Gasteiger partial charge >= 0.3 is 0 Å². The molecule has 17 heavy (non-hydrogen) atoms. The average Bonchev–Trinajstić information content (AvgIpc) is 2.40. The summed E-state index contributed by atoms with van der Waals surface area (Å²) in [4.78, 5) is 2.25. The van der Waals surface area contributed by atoms with Crippen LogP contribution in [0, 0.1) is 5.92 Å². The van der Waals surface area contributed by atoms with Gasteiger partial charge in [0.15, 0.2) is 0 Å². The van der Waals surface area contributed by atoms with Gasteiger partial charge in [0, 0.05) is 19.7 Å². The SMILES string of the molecule is OC[C@H]1CCCN(C[C@H](O)c2ccccc2)C1. The van der Waals surface area contributed by atoms with Gasteiger partial charge in [0.25, 0.3) is 0 Å². The number of piperidine rings is 1. The van der Waals surface area contributed by atoms with Gasteiger partial charge in [-0.25, -0.2) is 0 Å². The predicted octanol–water partition coefficient (Wildman–Crippen LogP) is 1.42. The number of rotatable bonds is 4. The molecule has 0 saturated carbocycles. The maximum Gasteiger partial charge on any atom is 0.0916 e. The summed E-state index contributed by atoms with van der Waals surface area (Å²) in [6.07, 6.45) is 1.80. The highest BCUT2D eigenvalue weighted by Crippen LogP contribution is 2.19. The number of aliphatic hydroxyl groups excluding tert-OH is 2. The van der Waals surface area contributed by atoms with E-state index in [1.54, 1.807) is 0 Å². The van der Waals surface area contributed by atoms with Crippen LogP contribution in [-0.2, 0) is 0 Å². The van der Waals surface area contributed by atoms with Crippen molar-refractivity contribution in [2.24, 2.45) is 5.92 Å².